The van der Waals surface area contributed by atoms with Gasteiger partial charge in [0.25, 0.3) is 5.91 Å². The van der Waals surface area contributed by atoms with Crippen LogP contribution in [0.3, 0.4) is 0 Å². The van der Waals surface area contributed by atoms with Gasteiger partial charge in [-0.15, -0.1) is 0 Å². The Morgan fingerprint density at radius 2 is 1.89 bits per heavy atom. The molecule has 4 rings (SSSR count). The van der Waals surface area contributed by atoms with Gasteiger partial charge in [0.2, 0.25) is 0 Å². The molecule has 1 aromatic heterocycles. The average Bonchev–Trinajstić information content (AvgIpc) is 3.09. The number of ether oxygens (including phenoxy) is 1. The first-order chi connectivity index (χ1) is 16.2. The minimum Gasteiger partial charge on any atom is -0.435 e. The number of nitrogens with zero attached hydrogens (tertiary/aromatic N) is 2. The van der Waals surface area contributed by atoms with E-state index in [1.807, 2.05) is 0 Å². The molecule has 0 saturated carbocycles. The number of benzene rings is 2. The van der Waals surface area contributed by atoms with Crippen molar-refractivity contribution in [3.8, 4) is 11.4 Å². The number of fused-ring (bicyclic) bond motifs is 1. The SMILES string of the molecule is CC1(NC(=O)c2ccc3c(c2)c(C(O)C(F)(F)F)nn3-c2cccc(OC(F)F)c2)CS(=O)(=O)C1. The van der Waals surface area contributed by atoms with Gasteiger partial charge in [0, 0.05) is 17.0 Å². The molecule has 1 saturated heterocycles. The normalized spacial score (nSPS) is 17.7. The first kappa shape index (κ1) is 24.9. The van der Waals surface area contributed by atoms with Crippen molar-refractivity contribution in [1.82, 2.24) is 15.1 Å². The Bertz CT molecular complexity index is 1390. The minimum absolute atomic E-state index is 0.0477. The van der Waals surface area contributed by atoms with E-state index in [0.717, 1.165) is 16.8 Å². The number of amides is 1. The average molecular weight is 519 g/mol. The molecule has 1 amide bonds. The summed E-state index contributed by atoms with van der Waals surface area (Å²) in [6.07, 6.45) is -8.09. The van der Waals surface area contributed by atoms with Crippen molar-refractivity contribution in [2.24, 2.45) is 0 Å². The van der Waals surface area contributed by atoms with E-state index < -0.39 is 45.9 Å². The molecule has 2 heterocycles. The van der Waals surface area contributed by atoms with Gasteiger partial charge in [-0.1, -0.05) is 6.07 Å². The number of carbonyl (C=O) groups excluding carboxylic acids is 1. The van der Waals surface area contributed by atoms with Crippen molar-refractivity contribution in [1.29, 1.82) is 0 Å². The zero-order chi connectivity index (χ0) is 25.8. The second-order valence-corrected chi connectivity index (χ2v) is 10.5. The van der Waals surface area contributed by atoms with E-state index >= 15 is 0 Å². The number of alkyl halides is 5. The van der Waals surface area contributed by atoms with Gasteiger partial charge in [0.05, 0.1) is 28.2 Å². The highest BCUT2D eigenvalue weighted by molar-refractivity contribution is 7.93. The molecule has 0 spiro atoms. The van der Waals surface area contributed by atoms with Crippen LogP contribution in [0, 0.1) is 0 Å². The Morgan fingerprint density at radius 3 is 2.49 bits per heavy atom. The van der Waals surface area contributed by atoms with Gasteiger partial charge in [0.15, 0.2) is 15.9 Å². The largest absolute Gasteiger partial charge is 0.435 e. The highest BCUT2D eigenvalue weighted by Crippen LogP contribution is 2.37. The Morgan fingerprint density at radius 1 is 1.20 bits per heavy atom. The van der Waals surface area contributed by atoms with E-state index in [1.54, 1.807) is 0 Å². The summed E-state index contributed by atoms with van der Waals surface area (Å²) in [5.74, 6) is -1.54. The quantitative estimate of drug-likeness (QED) is 0.485. The lowest BCUT2D eigenvalue weighted by Gasteiger charge is -2.38. The second kappa shape index (κ2) is 8.45. The van der Waals surface area contributed by atoms with Crippen molar-refractivity contribution >= 4 is 26.6 Å². The molecule has 2 aromatic carbocycles. The fraction of sp³-hybridized carbons (Fsp3) is 0.333. The molecule has 1 atom stereocenters. The highest BCUT2D eigenvalue weighted by Gasteiger charge is 2.46. The summed E-state index contributed by atoms with van der Waals surface area (Å²) in [4.78, 5) is 12.7. The molecule has 1 aliphatic heterocycles. The summed E-state index contributed by atoms with van der Waals surface area (Å²) in [6.45, 7) is -1.61. The van der Waals surface area contributed by atoms with Crippen LogP contribution in [0.15, 0.2) is 42.5 Å². The molecule has 14 heteroatoms. The van der Waals surface area contributed by atoms with Crippen molar-refractivity contribution in [3.05, 3.63) is 53.7 Å². The van der Waals surface area contributed by atoms with Crippen molar-refractivity contribution in [3.63, 3.8) is 0 Å². The predicted octanol–water partition coefficient (Wildman–Crippen LogP) is 3.14. The topological polar surface area (TPSA) is 111 Å². The van der Waals surface area contributed by atoms with Crippen LogP contribution >= 0.6 is 0 Å². The van der Waals surface area contributed by atoms with Crippen LogP contribution in [0.4, 0.5) is 22.0 Å². The third-order valence-electron chi connectivity index (χ3n) is 5.32. The minimum atomic E-state index is -5.08. The molecule has 3 aromatic rings. The smallest absolute Gasteiger partial charge is 0.420 e. The summed E-state index contributed by atoms with van der Waals surface area (Å²) < 4.78 is 93.5. The molecular weight excluding hydrogens is 501 g/mol. The molecule has 188 valence electrons. The molecular formula is C21H18F5N3O5S. The summed E-state index contributed by atoms with van der Waals surface area (Å²) >= 11 is 0. The van der Waals surface area contributed by atoms with E-state index in [1.165, 1.54) is 37.3 Å². The Labute approximate surface area is 195 Å². The maximum atomic E-state index is 13.4. The van der Waals surface area contributed by atoms with Gasteiger partial charge < -0.3 is 15.2 Å². The van der Waals surface area contributed by atoms with Gasteiger partial charge in [-0.05, 0) is 37.3 Å². The van der Waals surface area contributed by atoms with Gasteiger partial charge >= 0.3 is 12.8 Å². The van der Waals surface area contributed by atoms with E-state index in [0.29, 0.717) is 0 Å². The standard InChI is InChI=1S/C21H18F5N3O5S/c1-20(9-35(32,33)10-20)27-18(31)11-5-6-15-14(7-11)16(17(30)21(24,25)26)28-29(15)12-3-2-4-13(8-12)34-19(22)23/h2-8,17,19,30H,9-10H2,1H3,(H,27,31). The summed E-state index contributed by atoms with van der Waals surface area (Å²) in [6, 6.07) is 8.72. The van der Waals surface area contributed by atoms with Crippen molar-refractivity contribution in [2.75, 3.05) is 11.5 Å². The Balaban J connectivity index is 1.78. The number of carbonyl (C=O) groups is 1. The first-order valence-electron chi connectivity index (χ1n) is 10.0. The van der Waals surface area contributed by atoms with Crippen LogP contribution in [-0.4, -0.2) is 59.0 Å². The van der Waals surface area contributed by atoms with Gasteiger partial charge in [-0.3, -0.25) is 4.79 Å². The molecule has 35 heavy (non-hydrogen) atoms. The Kier molecular flexibility index (Phi) is 6.00. The number of aromatic nitrogens is 2. The maximum absolute atomic E-state index is 13.4. The lowest BCUT2D eigenvalue weighted by molar-refractivity contribution is -0.207. The molecule has 0 radical (unpaired) electrons. The number of nitrogens with one attached hydrogen (secondary N) is 1. The monoisotopic (exact) mass is 519 g/mol. The maximum Gasteiger partial charge on any atom is 0.420 e. The van der Waals surface area contributed by atoms with E-state index in [2.05, 4.69) is 15.2 Å². The zero-order valence-corrected chi connectivity index (χ0v) is 18.7. The fourth-order valence-electron chi connectivity index (χ4n) is 3.97. The van der Waals surface area contributed by atoms with E-state index in [4.69, 9.17) is 0 Å². The summed E-state index contributed by atoms with van der Waals surface area (Å²) in [7, 11) is -3.27. The van der Waals surface area contributed by atoms with Gasteiger partial charge in [0.1, 0.15) is 11.4 Å². The number of hydrogen-bond acceptors (Lipinski definition) is 6. The highest BCUT2D eigenvalue weighted by atomic mass is 32.2. The van der Waals surface area contributed by atoms with Crippen LogP contribution in [0.25, 0.3) is 16.6 Å². The fourth-order valence-corrected chi connectivity index (χ4v) is 5.98. The van der Waals surface area contributed by atoms with Crippen LogP contribution < -0.4 is 10.1 Å². The van der Waals surface area contributed by atoms with Crippen molar-refractivity contribution < 1.29 is 45.0 Å². The van der Waals surface area contributed by atoms with E-state index in [9.17, 15) is 40.3 Å². The van der Waals surface area contributed by atoms with Crippen LogP contribution in [0.1, 0.15) is 29.1 Å². The molecule has 1 aliphatic rings. The zero-order valence-electron chi connectivity index (χ0n) is 17.9. The third kappa shape index (κ3) is 5.07. The lowest BCUT2D eigenvalue weighted by atomic mass is 10.0. The number of aliphatic hydroxyl groups excluding tert-OH is 1. The molecule has 0 bridgehead atoms. The van der Waals surface area contributed by atoms with Crippen LogP contribution in [0.2, 0.25) is 0 Å². The molecule has 2 N–H and O–H groups in total. The number of halogens is 5. The molecule has 0 aliphatic carbocycles. The number of sulfone groups is 1. The number of aliphatic hydroxyl groups is 1. The van der Waals surface area contributed by atoms with Crippen molar-refractivity contribution in [2.45, 2.75) is 31.4 Å². The second-order valence-electron chi connectivity index (χ2n) is 8.40. The third-order valence-corrected chi connectivity index (χ3v) is 7.47. The first-order valence-corrected chi connectivity index (χ1v) is 11.9. The van der Waals surface area contributed by atoms with Crippen LogP contribution in [0.5, 0.6) is 5.75 Å². The summed E-state index contributed by atoms with van der Waals surface area (Å²) in [5, 5.41) is 16.1. The number of hydrogen-bond donors (Lipinski definition) is 2. The molecule has 1 unspecified atom stereocenters. The van der Waals surface area contributed by atoms with Crippen LogP contribution in [-0.2, 0) is 9.84 Å². The molecule has 1 fully saturated rings. The van der Waals surface area contributed by atoms with E-state index in [-0.39, 0.29) is 39.4 Å². The molecule has 8 nitrogen and oxygen atoms in total. The van der Waals surface area contributed by atoms with Gasteiger partial charge in [-0.25, -0.2) is 13.1 Å². The number of rotatable bonds is 6. The lowest BCUT2D eigenvalue weighted by Crippen LogP contribution is -2.63. The summed E-state index contributed by atoms with van der Waals surface area (Å²) in [5.41, 5.74) is -1.80. The predicted molar refractivity (Wildman–Crippen MR) is 113 cm³/mol. The Hall–Kier alpha value is -3.26. The van der Waals surface area contributed by atoms with Gasteiger partial charge in [-0.2, -0.15) is 27.1 Å².